The molecule has 6 nitrogen and oxygen atoms in total. The standard InChI is InChI=1S/C41H72O6/c1-4-5-6-7-15-21-26-31-38(43)32-27-22-17-14-19-23-28-33-40(44)46-36-39(35-42)47-41(45)34-29-24-18-13-11-9-8-10-12-16-20-25-30-37(2)3/h14-15,19,21-22,26-27,31,37-39,42-43H,4-13,16-18,20,23-25,28-30,32-36H2,1-3H3/b19-14+,21-15-,27-22-,31-26-/t38-,39+/m1/s1. The molecule has 0 saturated carbocycles. The predicted molar refractivity (Wildman–Crippen MR) is 197 cm³/mol. The van der Waals surface area contributed by atoms with Crippen molar-refractivity contribution in [3.63, 3.8) is 0 Å². The third kappa shape index (κ3) is 35.0. The van der Waals surface area contributed by atoms with E-state index in [2.05, 4.69) is 26.8 Å². The molecule has 6 heteroatoms. The summed E-state index contributed by atoms with van der Waals surface area (Å²) in [6.07, 6.45) is 39.1. The van der Waals surface area contributed by atoms with Gasteiger partial charge < -0.3 is 19.7 Å². The Morgan fingerprint density at radius 2 is 1.26 bits per heavy atom. The second-order valence-electron chi connectivity index (χ2n) is 13.3. The third-order valence-electron chi connectivity index (χ3n) is 8.13. The minimum absolute atomic E-state index is 0.115. The molecule has 0 aliphatic heterocycles. The van der Waals surface area contributed by atoms with Crippen molar-refractivity contribution < 1.29 is 29.3 Å². The molecule has 0 bridgehead atoms. The first kappa shape index (κ1) is 44.8. The molecule has 2 atom stereocenters. The molecular weight excluding hydrogens is 588 g/mol. The average Bonchev–Trinajstić information content (AvgIpc) is 3.05. The lowest BCUT2D eigenvalue weighted by Gasteiger charge is -2.15. The van der Waals surface area contributed by atoms with Crippen LogP contribution in [0.1, 0.15) is 168 Å². The Balaban J connectivity index is 3.73. The highest BCUT2D eigenvalue weighted by Gasteiger charge is 2.16. The van der Waals surface area contributed by atoms with Gasteiger partial charge in [0.1, 0.15) is 6.61 Å². The van der Waals surface area contributed by atoms with E-state index in [4.69, 9.17) is 9.47 Å². The summed E-state index contributed by atoms with van der Waals surface area (Å²) in [6.45, 7) is 6.32. The number of carbonyl (C=O) groups is 2. The Kier molecular flexibility index (Phi) is 33.5. The van der Waals surface area contributed by atoms with E-state index in [0.29, 0.717) is 19.3 Å². The first-order valence-electron chi connectivity index (χ1n) is 19.2. The minimum Gasteiger partial charge on any atom is -0.462 e. The molecule has 0 spiro atoms. The van der Waals surface area contributed by atoms with Crippen molar-refractivity contribution >= 4 is 11.9 Å². The molecule has 0 fully saturated rings. The normalized spacial score (nSPS) is 13.5. The van der Waals surface area contributed by atoms with Crippen molar-refractivity contribution in [2.75, 3.05) is 13.2 Å². The lowest BCUT2D eigenvalue weighted by atomic mass is 10.0. The molecular formula is C41H72O6. The Labute approximate surface area is 289 Å². The van der Waals surface area contributed by atoms with Crippen molar-refractivity contribution in [3.8, 4) is 0 Å². The zero-order valence-corrected chi connectivity index (χ0v) is 30.6. The van der Waals surface area contributed by atoms with Gasteiger partial charge in [-0.25, -0.2) is 0 Å². The van der Waals surface area contributed by atoms with Crippen LogP contribution in [0.15, 0.2) is 48.6 Å². The number of aliphatic hydroxyl groups excluding tert-OH is 2. The number of hydrogen-bond acceptors (Lipinski definition) is 6. The van der Waals surface area contributed by atoms with Crippen LogP contribution in [0, 0.1) is 5.92 Å². The molecule has 2 N–H and O–H groups in total. The highest BCUT2D eigenvalue weighted by Crippen LogP contribution is 2.15. The maximum atomic E-state index is 12.1. The summed E-state index contributed by atoms with van der Waals surface area (Å²) in [5.74, 6) is 0.134. The van der Waals surface area contributed by atoms with Crippen molar-refractivity contribution in [3.05, 3.63) is 48.6 Å². The summed E-state index contributed by atoms with van der Waals surface area (Å²) in [4.78, 5) is 24.2. The summed E-state index contributed by atoms with van der Waals surface area (Å²) in [5, 5.41) is 19.5. The van der Waals surface area contributed by atoms with Gasteiger partial charge in [0, 0.05) is 12.8 Å². The molecule has 0 aromatic carbocycles. The molecule has 0 saturated heterocycles. The average molecular weight is 661 g/mol. The predicted octanol–water partition coefficient (Wildman–Crippen LogP) is 10.7. The van der Waals surface area contributed by atoms with Crippen LogP contribution in [-0.4, -0.2) is 47.6 Å². The maximum Gasteiger partial charge on any atom is 0.306 e. The fraction of sp³-hybridized carbons (Fsp3) is 0.756. The van der Waals surface area contributed by atoms with E-state index in [0.717, 1.165) is 44.4 Å². The zero-order chi connectivity index (χ0) is 34.6. The van der Waals surface area contributed by atoms with Gasteiger partial charge in [-0.3, -0.25) is 9.59 Å². The van der Waals surface area contributed by atoms with Gasteiger partial charge in [-0.15, -0.1) is 0 Å². The second-order valence-corrected chi connectivity index (χ2v) is 13.3. The second kappa shape index (κ2) is 35.1. The smallest absolute Gasteiger partial charge is 0.306 e. The van der Waals surface area contributed by atoms with Gasteiger partial charge in [-0.2, -0.15) is 0 Å². The Hall–Kier alpha value is -2.18. The number of hydrogen-bond donors (Lipinski definition) is 2. The fourth-order valence-corrected chi connectivity index (χ4v) is 5.16. The number of allylic oxidation sites excluding steroid dienone is 6. The summed E-state index contributed by atoms with van der Waals surface area (Å²) < 4.78 is 10.5. The Bertz CT molecular complexity index is 828. The third-order valence-corrected chi connectivity index (χ3v) is 8.13. The van der Waals surface area contributed by atoms with Crippen molar-refractivity contribution in [2.45, 2.75) is 181 Å². The lowest BCUT2D eigenvalue weighted by Crippen LogP contribution is -2.28. The summed E-state index contributed by atoms with van der Waals surface area (Å²) in [6, 6.07) is 0. The highest BCUT2D eigenvalue weighted by atomic mass is 16.6. The van der Waals surface area contributed by atoms with E-state index in [1.165, 1.54) is 83.5 Å². The topological polar surface area (TPSA) is 93.1 Å². The first-order chi connectivity index (χ1) is 22.9. The molecule has 47 heavy (non-hydrogen) atoms. The van der Waals surface area contributed by atoms with E-state index in [-0.39, 0.29) is 31.6 Å². The number of aliphatic hydroxyl groups is 2. The van der Waals surface area contributed by atoms with Gasteiger partial charge in [0.05, 0.1) is 12.7 Å². The van der Waals surface area contributed by atoms with Gasteiger partial charge >= 0.3 is 11.9 Å². The SMILES string of the molecule is CCCCC/C=C\C=C/[C@@H](O)C/C=C\C/C=C/CCCC(=O)OC[C@H](CO)OC(=O)CCCCCCCCCCCCCCC(C)C. The van der Waals surface area contributed by atoms with Crippen LogP contribution >= 0.6 is 0 Å². The van der Waals surface area contributed by atoms with Gasteiger partial charge in [0.2, 0.25) is 0 Å². The molecule has 0 aliphatic rings. The fourth-order valence-electron chi connectivity index (χ4n) is 5.16. The molecule has 0 aromatic heterocycles. The summed E-state index contributed by atoms with van der Waals surface area (Å²) in [7, 11) is 0. The molecule has 0 rings (SSSR count). The van der Waals surface area contributed by atoms with E-state index < -0.39 is 12.2 Å². The van der Waals surface area contributed by atoms with E-state index in [9.17, 15) is 19.8 Å². The number of carbonyl (C=O) groups excluding carboxylic acids is 2. The lowest BCUT2D eigenvalue weighted by molar-refractivity contribution is -0.161. The van der Waals surface area contributed by atoms with Crippen molar-refractivity contribution in [2.24, 2.45) is 5.92 Å². The van der Waals surface area contributed by atoms with Crippen LogP contribution in [0.4, 0.5) is 0 Å². The molecule has 272 valence electrons. The van der Waals surface area contributed by atoms with Crippen molar-refractivity contribution in [1.29, 1.82) is 0 Å². The number of unbranched alkanes of at least 4 members (excludes halogenated alkanes) is 15. The monoisotopic (exact) mass is 661 g/mol. The number of ether oxygens (including phenoxy) is 2. The maximum absolute atomic E-state index is 12.1. The van der Waals surface area contributed by atoms with Crippen molar-refractivity contribution in [1.82, 2.24) is 0 Å². The molecule has 0 unspecified atom stereocenters. The van der Waals surface area contributed by atoms with Crippen LogP contribution in [0.3, 0.4) is 0 Å². The minimum atomic E-state index is -0.811. The van der Waals surface area contributed by atoms with Crippen LogP contribution in [-0.2, 0) is 19.1 Å². The van der Waals surface area contributed by atoms with Gasteiger partial charge in [-0.05, 0) is 50.9 Å². The Morgan fingerprint density at radius 1 is 0.660 bits per heavy atom. The quantitative estimate of drug-likeness (QED) is 0.0315. The van der Waals surface area contributed by atoms with Crippen LogP contribution < -0.4 is 0 Å². The number of esters is 2. The van der Waals surface area contributed by atoms with E-state index >= 15 is 0 Å². The van der Waals surface area contributed by atoms with E-state index in [1.54, 1.807) is 0 Å². The number of rotatable bonds is 33. The Morgan fingerprint density at radius 3 is 1.89 bits per heavy atom. The molecule has 0 radical (unpaired) electrons. The summed E-state index contributed by atoms with van der Waals surface area (Å²) in [5.41, 5.74) is 0. The van der Waals surface area contributed by atoms with Gasteiger partial charge in [0.15, 0.2) is 6.10 Å². The largest absolute Gasteiger partial charge is 0.462 e. The molecule has 0 aliphatic carbocycles. The van der Waals surface area contributed by atoms with Crippen LogP contribution in [0.2, 0.25) is 0 Å². The summed E-state index contributed by atoms with van der Waals surface area (Å²) >= 11 is 0. The van der Waals surface area contributed by atoms with Gasteiger partial charge in [-0.1, -0.05) is 159 Å². The van der Waals surface area contributed by atoms with E-state index in [1.807, 2.05) is 42.5 Å². The first-order valence-corrected chi connectivity index (χ1v) is 19.2. The van der Waals surface area contributed by atoms with Gasteiger partial charge in [0.25, 0.3) is 0 Å². The highest BCUT2D eigenvalue weighted by molar-refractivity contribution is 5.70. The molecule has 0 aromatic rings. The molecule has 0 heterocycles. The van der Waals surface area contributed by atoms with Crippen LogP contribution in [0.25, 0.3) is 0 Å². The zero-order valence-electron chi connectivity index (χ0n) is 30.6. The van der Waals surface area contributed by atoms with Crippen LogP contribution in [0.5, 0.6) is 0 Å². The molecule has 0 amide bonds.